The van der Waals surface area contributed by atoms with E-state index in [1.165, 1.54) is 43.9 Å². The van der Waals surface area contributed by atoms with Gasteiger partial charge in [-0.1, -0.05) is 23.7 Å². The van der Waals surface area contributed by atoms with Crippen molar-refractivity contribution in [2.45, 2.75) is 36.6 Å². The van der Waals surface area contributed by atoms with Crippen LogP contribution in [0.5, 0.6) is 5.88 Å². The highest BCUT2D eigenvalue weighted by Gasteiger charge is 2.27. The Morgan fingerprint density at radius 2 is 1.89 bits per heavy atom. The molecule has 5 aromatic rings. The van der Waals surface area contributed by atoms with Crippen LogP contribution in [0.2, 0.25) is 5.02 Å². The number of halogens is 2. The number of rotatable bonds is 8. The maximum atomic E-state index is 16.0. The summed E-state index contributed by atoms with van der Waals surface area (Å²) in [4.78, 5) is 24.7. The van der Waals surface area contributed by atoms with Gasteiger partial charge in [-0.25, -0.2) is 22.8 Å². The quantitative estimate of drug-likeness (QED) is 0.225. The SMILES string of the molecule is CNC(=O)C1CCC(Nc2ncc3cc(-c4cccc(NS(=O)(=O)c5cc(Cl)cnc5OC)c4F)c4nncn4c3n2)CC1. The fraction of sp³-hybridized carbons (Fsp3) is 0.286. The van der Waals surface area contributed by atoms with E-state index in [4.69, 9.17) is 16.3 Å². The van der Waals surface area contributed by atoms with Gasteiger partial charge in [0.25, 0.3) is 10.0 Å². The second kappa shape index (κ2) is 11.8. The largest absolute Gasteiger partial charge is 0.480 e. The van der Waals surface area contributed by atoms with E-state index in [1.807, 2.05) is 0 Å². The summed E-state index contributed by atoms with van der Waals surface area (Å²) in [6.07, 6.45) is 7.48. The van der Waals surface area contributed by atoms with E-state index in [2.05, 4.69) is 40.5 Å². The van der Waals surface area contributed by atoms with E-state index in [0.717, 1.165) is 25.7 Å². The lowest BCUT2D eigenvalue weighted by atomic mass is 9.85. The maximum absolute atomic E-state index is 16.0. The van der Waals surface area contributed by atoms with Crippen LogP contribution in [0.3, 0.4) is 0 Å². The summed E-state index contributed by atoms with van der Waals surface area (Å²) in [6, 6.07) is 7.29. The summed E-state index contributed by atoms with van der Waals surface area (Å²) in [5.41, 5.74) is 0.948. The van der Waals surface area contributed by atoms with Gasteiger partial charge < -0.3 is 15.4 Å². The minimum Gasteiger partial charge on any atom is -0.480 e. The van der Waals surface area contributed by atoms with Crippen molar-refractivity contribution in [3.63, 3.8) is 0 Å². The number of aromatic nitrogens is 6. The average molecular weight is 640 g/mol. The zero-order valence-corrected chi connectivity index (χ0v) is 25.2. The number of pyridine rings is 2. The molecule has 13 nitrogen and oxygen atoms in total. The second-order valence-corrected chi connectivity index (χ2v) is 12.4. The molecule has 4 heterocycles. The van der Waals surface area contributed by atoms with E-state index < -0.39 is 15.8 Å². The molecule has 0 atom stereocenters. The lowest BCUT2D eigenvalue weighted by Crippen LogP contribution is -2.34. The Labute approximate surface area is 256 Å². The fourth-order valence-electron chi connectivity index (χ4n) is 5.40. The number of nitrogens with zero attached hydrogens (tertiary/aromatic N) is 6. The number of anilines is 2. The molecule has 0 aliphatic heterocycles. The van der Waals surface area contributed by atoms with Crippen LogP contribution in [0.1, 0.15) is 25.7 Å². The molecule has 1 saturated carbocycles. The van der Waals surface area contributed by atoms with Crippen molar-refractivity contribution in [2.24, 2.45) is 5.92 Å². The molecule has 1 aromatic carbocycles. The number of amides is 1. The van der Waals surface area contributed by atoms with Crippen LogP contribution in [-0.2, 0) is 14.8 Å². The van der Waals surface area contributed by atoms with Gasteiger partial charge in [-0.2, -0.15) is 4.98 Å². The van der Waals surface area contributed by atoms with E-state index in [0.29, 0.717) is 28.2 Å². The molecule has 0 spiro atoms. The highest BCUT2D eigenvalue weighted by Crippen LogP contribution is 2.35. The van der Waals surface area contributed by atoms with Crippen molar-refractivity contribution in [1.82, 2.24) is 34.9 Å². The zero-order chi connectivity index (χ0) is 31.0. The fourth-order valence-corrected chi connectivity index (χ4v) is 6.83. The van der Waals surface area contributed by atoms with Crippen LogP contribution >= 0.6 is 11.6 Å². The van der Waals surface area contributed by atoms with Crippen molar-refractivity contribution in [3.8, 4) is 17.0 Å². The minimum absolute atomic E-state index is 0.0107. The number of ether oxygens (including phenoxy) is 1. The number of sulfonamides is 1. The highest BCUT2D eigenvalue weighted by molar-refractivity contribution is 7.92. The first-order chi connectivity index (χ1) is 21.2. The van der Waals surface area contributed by atoms with Crippen LogP contribution < -0.4 is 20.1 Å². The number of hydrogen-bond acceptors (Lipinski definition) is 10. The van der Waals surface area contributed by atoms with Crippen molar-refractivity contribution < 1.29 is 22.3 Å². The number of benzene rings is 1. The molecule has 0 saturated heterocycles. The Kier molecular flexibility index (Phi) is 7.90. The van der Waals surface area contributed by atoms with Crippen LogP contribution in [0.4, 0.5) is 16.0 Å². The van der Waals surface area contributed by atoms with Gasteiger partial charge in [0.1, 0.15) is 6.33 Å². The lowest BCUT2D eigenvalue weighted by molar-refractivity contribution is -0.125. The molecule has 1 aliphatic rings. The molecule has 4 aromatic heterocycles. The number of carbonyl (C=O) groups is 1. The predicted octanol–water partition coefficient (Wildman–Crippen LogP) is 4.05. The molecule has 16 heteroatoms. The third-order valence-electron chi connectivity index (χ3n) is 7.59. The standard InChI is InChI=1S/C28H27ClFN9O4S/c1-31-26(40)15-6-8-18(9-7-15)35-28-33-12-16-10-20(25-37-34-14-39(25)24(16)36-28)19-4-3-5-21(23(19)30)38-44(41,42)22-11-17(29)13-32-27(22)43-2/h3-5,10-15,18,38H,6-9H2,1-2H3,(H,31,40)(H,33,35,36). The average Bonchev–Trinajstić information content (AvgIpc) is 3.52. The van der Waals surface area contributed by atoms with Crippen LogP contribution in [-0.4, -0.2) is 64.1 Å². The summed E-state index contributed by atoms with van der Waals surface area (Å²) in [7, 11) is -1.42. The Morgan fingerprint density at radius 3 is 2.64 bits per heavy atom. The van der Waals surface area contributed by atoms with E-state index in [9.17, 15) is 13.2 Å². The van der Waals surface area contributed by atoms with Crippen LogP contribution in [0, 0.1) is 11.7 Å². The Morgan fingerprint density at radius 1 is 1.09 bits per heavy atom. The first-order valence-corrected chi connectivity index (χ1v) is 15.5. The number of methoxy groups -OCH3 is 1. The molecule has 1 fully saturated rings. The molecule has 1 amide bonds. The van der Waals surface area contributed by atoms with Gasteiger partial charge >= 0.3 is 0 Å². The van der Waals surface area contributed by atoms with Gasteiger partial charge in [0.15, 0.2) is 22.0 Å². The molecule has 44 heavy (non-hydrogen) atoms. The second-order valence-electron chi connectivity index (χ2n) is 10.3. The van der Waals surface area contributed by atoms with Crippen LogP contribution in [0.25, 0.3) is 27.8 Å². The lowest BCUT2D eigenvalue weighted by Gasteiger charge is -2.28. The summed E-state index contributed by atoms with van der Waals surface area (Å²) < 4.78 is 51.3. The van der Waals surface area contributed by atoms with Crippen LogP contribution in [0.15, 0.2) is 53.9 Å². The first kappa shape index (κ1) is 29.4. The topological polar surface area (TPSA) is 165 Å². The number of hydrogen-bond donors (Lipinski definition) is 3. The third-order valence-corrected chi connectivity index (χ3v) is 9.16. The summed E-state index contributed by atoms with van der Waals surface area (Å²) in [5.74, 6) is -0.535. The third kappa shape index (κ3) is 5.55. The van der Waals surface area contributed by atoms with Gasteiger partial charge in [0, 0.05) is 47.9 Å². The van der Waals surface area contributed by atoms with E-state index in [-0.39, 0.29) is 44.9 Å². The Bertz CT molecular complexity index is 2000. The monoisotopic (exact) mass is 639 g/mol. The molecule has 0 radical (unpaired) electrons. The molecule has 6 rings (SSSR count). The number of fused-ring (bicyclic) bond motifs is 3. The first-order valence-electron chi connectivity index (χ1n) is 13.7. The predicted molar refractivity (Wildman–Crippen MR) is 162 cm³/mol. The maximum Gasteiger partial charge on any atom is 0.267 e. The Hall–Kier alpha value is -4.63. The molecular formula is C28H27ClFN9O4S. The summed E-state index contributed by atoms with van der Waals surface area (Å²) in [5, 5.41) is 15.0. The minimum atomic E-state index is -4.33. The van der Waals surface area contributed by atoms with E-state index >= 15 is 4.39 Å². The summed E-state index contributed by atoms with van der Waals surface area (Å²) >= 11 is 5.96. The molecule has 228 valence electrons. The highest BCUT2D eigenvalue weighted by atomic mass is 35.5. The van der Waals surface area contributed by atoms with Crippen molar-refractivity contribution in [2.75, 3.05) is 24.2 Å². The van der Waals surface area contributed by atoms with Gasteiger partial charge in [-0.05, 0) is 43.9 Å². The van der Waals surface area contributed by atoms with Gasteiger partial charge in [0.05, 0.1) is 17.8 Å². The van der Waals surface area contributed by atoms with Crippen molar-refractivity contribution in [1.29, 1.82) is 0 Å². The zero-order valence-electron chi connectivity index (χ0n) is 23.6. The van der Waals surface area contributed by atoms with Gasteiger partial charge in [0.2, 0.25) is 17.7 Å². The van der Waals surface area contributed by atoms with E-state index in [1.54, 1.807) is 23.7 Å². The molecular weight excluding hydrogens is 613 g/mol. The smallest absolute Gasteiger partial charge is 0.267 e. The molecule has 1 aliphatic carbocycles. The molecule has 0 bridgehead atoms. The number of carbonyl (C=O) groups excluding carboxylic acids is 1. The van der Waals surface area contributed by atoms with Crippen molar-refractivity contribution in [3.05, 3.63) is 59.9 Å². The normalized spacial score (nSPS) is 17.0. The van der Waals surface area contributed by atoms with Gasteiger partial charge in [-0.15, -0.1) is 10.2 Å². The van der Waals surface area contributed by atoms with Crippen molar-refractivity contribution >= 4 is 55.8 Å². The van der Waals surface area contributed by atoms with Gasteiger partial charge in [-0.3, -0.25) is 13.9 Å². The summed E-state index contributed by atoms with van der Waals surface area (Å²) in [6.45, 7) is 0. The number of nitrogens with one attached hydrogen (secondary N) is 3. The molecule has 0 unspecified atom stereocenters. The molecule has 3 N–H and O–H groups in total. The Balaban J connectivity index is 1.31.